The van der Waals surface area contributed by atoms with Crippen LogP contribution in [0, 0.1) is 0 Å². The Morgan fingerprint density at radius 2 is 1.81 bits per heavy atom. The topological polar surface area (TPSA) is 84.9 Å². The van der Waals surface area contributed by atoms with Gasteiger partial charge in [0.1, 0.15) is 22.4 Å². The van der Waals surface area contributed by atoms with E-state index < -0.39 is 16.1 Å². The highest BCUT2D eigenvalue weighted by Crippen LogP contribution is 2.29. The number of sulfonamides is 1. The number of methoxy groups -OCH3 is 2. The number of hydrogen-bond acceptors (Lipinski definition) is 5. The molecule has 2 aromatic rings. The molecular weight excluding hydrogens is 392 g/mol. The summed E-state index contributed by atoms with van der Waals surface area (Å²) in [6.45, 7) is 0.408. The Bertz CT molecular complexity index is 947. The summed E-state index contributed by atoms with van der Waals surface area (Å²) in [7, 11) is -1.06. The molecule has 1 N–H and O–H groups in total. The molecule has 144 valence electrons. The van der Waals surface area contributed by atoms with E-state index in [1.54, 1.807) is 36.3 Å². The lowest BCUT2D eigenvalue weighted by Gasteiger charge is -2.18. The van der Waals surface area contributed by atoms with Crippen LogP contribution in [0.5, 0.6) is 11.5 Å². The maximum Gasteiger partial charge on any atom is 0.245 e. The second kappa shape index (κ2) is 7.75. The minimum atomic E-state index is -3.99. The highest BCUT2D eigenvalue weighted by molar-refractivity contribution is 7.89. The standard InChI is InChI=1S/C18H19ClN2O5S/c1-25-14-6-4-13(5-7-14)21-10-9-15(18(21)22)20-27(23,24)17-11-12(19)3-8-16(17)26-2/h3-8,11,15,20H,9-10H2,1-2H3. The molecule has 1 aliphatic heterocycles. The Labute approximate surface area is 162 Å². The van der Waals surface area contributed by atoms with E-state index in [1.165, 1.54) is 25.3 Å². The van der Waals surface area contributed by atoms with Gasteiger partial charge in [0.25, 0.3) is 0 Å². The summed E-state index contributed by atoms with van der Waals surface area (Å²) < 4.78 is 38.2. The van der Waals surface area contributed by atoms with Crippen LogP contribution in [-0.2, 0) is 14.8 Å². The summed E-state index contributed by atoms with van der Waals surface area (Å²) in [5, 5.41) is 0.258. The number of rotatable bonds is 6. The fraction of sp³-hybridized carbons (Fsp3) is 0.278. The van der Waals surface area contributed by atoms with Crippen molar-refractivity contribution in [2.24, 2.45) is 0 Å². The first-order valence-electron chi connectivity index (χ1n) is 8.17. The van der Waals surface area contributed by atoms with Crippen molar-refractivity contribution in [2.75, 3.05) is 25.7 Å². The van der Waals surface area contributed by atoms with E-state index in [-0.39, 0.29) is 21.6 Å². The Morgan fingerprint density at radius 1 is 1.11 bits per heavy atom. The highest BCUT2D eigenvalue weighted by Gasteiger charge is 2.36. The maximum absolute atomic E-state index is 12.8. The second-order valence-electron chi connectivity index (χ2n) is 5.95. The number of carbonyl (C=O) groups is 1. The summed E-state index contributed by atoms with van der Waals surface area (Å²) >= 11 is 5.92. The molecule has 7 nitrogen and oxygen atoms in total. The second-order valence-corrected chi connectivity index (χ2v) is 8.06. The minimum Gasteiger partial charge on any atom is -0.497 e. The zero-order chi connectivity index (χ0) is 19.6. The first-order valence-corrected chi connectivity index (χ1v) is 10.0. The van der Waals surface area contributed by atoms with Crippen LogP contribution in [0.1, 0.15) is 6.42 Å². The minimum absolute atomic E-state index is 0.104. The lowest BCUT2D eigenvalue weighted by molar-refractivity contribution is -0.118. The molecule has 1 atom stereocenters. The van der Waals surface area contributed by atoms with Crippen molar-refractivity contribution in [1.29, 1.82) is 0 Å². The van der Waals surface area contributed by atoms with Crippen LogP contribution >= 0.6 is 11.6 Å². The molecule has 0 aromatic heterocycles. The van der Waals surface area contributed by atoms with Gasteiger partial charge < -0.3 is 14.4 Å². The van der Waals surface area contributed by atoms with Crippen molar-refractivity contribution in [3.8, 4) is 11.5 Å². The van der Waals surface area contributed by atoms with Crippen LogP contribution in [0.4, 0.5) is 5.69 Å². The number of nitrogens with one attached hydrogen (secondary N) is 1. The van der Waals surface area contributed by atoms with Gasteiger partial charge in [0.05, 0.1) is 14.2 Å². The molecule has 0 saturated carbocycles. The number of ether oxygens (including phenoxy) is 2. The van der Waals surface area contributed by atoms with E-state index >= 15 is 0 Å². The maximum atomic E-state index is 12.8. The van der Waals surface area contributed by atoms with Crippen LogP contribution in [0.15, 0.2) is 47.4 Å². The van der Waals surface area contributed by atoms with Crippen molar-refractivity contribution in [3.05, 3.63) is 47.5 Å². The zero-order valence-electron chi connectivity index (χ0n) is 14.8. The van der Waals surface area contributed by atoms with Crippen LogP contribution in [0.3, 0.4) is 0 Å². The van der Waals surface area contributed by atoms with Crippen LogP contribution in [0.25, 0.3) is 0 Å². The molecule has 0 aliphatic carbocycles. The summed E-state index contributed by atoms with van der Waals surface area (Å²) in [6, 6.07) is 10.4. The normalized spacial score (nSPS) is 17.2. The highest BCUT2D eigenvalue weighted by atomic mass is 35.5. The quantitative estimate of drug-likeness (QED) is 0.790. The molecule has 1 amide bonds. The van der Waals surface area contributed by atoms with Crippen molar-refractivity contribution in [3.63, 3.8) is 0 Å². The largest absolute Gasteiger partial charge is 0.497 e. The van der Waals surface area contributed by atoms with E-state index in [9.17, 15) is 13.2 Å². The molecule has 2 aromatic carbocycles. The Balaban J connectivity index is 1.80. The van der Waals surface area contributed by atoms with Gasteiger partial charge in [-0.3, -0.25) is 4.79 Å². The predicted molar refractivity (Wildman–Crippen MR) is 102 cm³/mol. The third kappa shape index (κ3) is 4.02. The molecular formula is C18H19ClN2O5S. The Hall–Kier alpha value is -2.29. The van der Waals surface area contributed by atoms with Gasteiger partial charge >= 0.3 is 0 Å². The molecule has 1 aliphatic rings. The summed E-state index contributed by atoms with van der Waals surface area (Å²) in [4.78, 5) is 14.1. The number of amides is 1. The van der Waals surface area contributed by atoms with Gasteiger partial charge in [0.2, 0.25) is 15.9 Å². The first-order chi connectivity index (χ1) is 12.9. The number of hydrogen-bond donors (Lipinski definition) is 1. The molecule has 27 heavy (non-hydrogen) atoms. The summed E-state index contributed by atoms with van der Waals surface area (Å²) in [5.41, 5.74) is 0.683. The smallest absolute Gasteiger partial charge is 0.245 e. The van der Waals surface area contributed by atoms with E-state index in [4.69, 9.17) is 21.1 Å². The summed E-state index contributed by atoms with van der Waals surface area (Å²) in [5.74, 6) is 0.518. The van der Waals surface area contributed by atoms with Gasteiger partial charge in [0.15, 0.2) is 0 Å². The molecule has 0 radical (unpaired) electrons. The van der Waals surface area contributed by atoms with Crippen LogP contribution in [-0.4, -0.2) is 41.1 Å². The molecule has 1 unspecified atom stereocenters. The van der Waals surface area contributed by atoms with Gasteiger partial charge in [-0.2, -0.15) is 4.72 Å². The van der Waals surface area contributed by atoms with E-state index in [1.807, 2.05) is 0 Å². The van der Waals surface area contributed by atoms with E-state index in [2.05, 4.69) is 4.72 Å². The molecule has 0 spiro atoms. The molecule has 1 saturated heterocycles. The predicted octanol–water partition coefficient (Wildman–Crippen LogP) is 2.44. The fourth-order valence-electron chi connectivity index (χ4n) is 2.92. The van der Waals surface area contributed by atoms with Crippen LogP contribution in [0.2, 0.25) is 5.02 Å². The van der Waals surface area contributed by atoms with Crippen molar-refractivity contribution in [2.45, 2.75) is 17.4 Å². The lowest BCUT2D eigenvalue weighted by Crippen LogP contribution is -2.41. The number of nitrogens with zero attached hydrogens (tertiary/aromatic N) is 1. The average Bonchev–Trinajstić information content (AvgIpc) is 3.01. The zero-order valence-corrected chi connectivity index (χ0v) is 16.4. The Kier molecular flexibility index (Phi) is 5.59. The summed E-state index contributed by atoms with van der Waals surface area (Å²) in [6.07, 6.45) is 0.354. The molecule has 3 rings (SSSR count). The SMILES string of the molecule is COc1ccc(N2CCC(NS(=O)(=O)c3cc(Cl)ccc3OC)C2=O)cc1. The fourth-order valence-corrected chi connectivity index (χ4v) is 4.57. The lowest BCUT2D eigenvalue weighted by atomic mass is 10.2. The van der Waals surface area contributed by atoms with Crippen molar-refractivity contribution in [1.82, 2.24) is 4.72 Å². The molecule has 9 heteroatoms. The van der Waals surface area contributed by atoms with E-state index in [0.717, 1.165) is 0 Å². The molecule has 1 fully saturated rings. The van der Waals surface area contributed by atoms with Gasteiger partial charge in [-0.15, -0.1) is 0 Å². The number of benzene rings is 2. The average molecular weight is 411 g/mol. The van der Waals surface area contributed by atoms with Gasteiger partial charge in [-0.25, -0.2) is 8.42 Å². The van der Waals surface area contributed by atoms with Crippen molar-refractivity contribution < 1.29 is 22.7 Å². The molecule has 1 heterocycles. The number of carbonyl (C=O) groups excluding carboxylic acids is 1. The molecule has 0 bridgehead atoms. The Morgan fingerprint density at radius 3 is 2.44 bits per heavy atom. The monoisotopic (exact) mass is 410 g/mol. The third-order valence-corrected chi connectivity index (χ3v) is 6.03. The van der Waals surface area contributed by atoms with Crippen LogP contribution < -0.4 is 19.1 Å². The van der Waals surface area contributed by atoms with Crippen molar-refractivity contribution >= 4 is 33.2 Å². The van der Waals surface area contributed by atoms with Gasteiger partial charge in [0, 0.05) is 17.3 Å². The third-order valence-electron chi connectivity index (χ3n) is 4.30. The number of anilines is 1. The van der Waals surface area contributed by atoms with Gasteiger partial charge in [-0.05, 0) is 48.9 Å². The van der Waals surface area contributed by atoms with E-state index in [0.29, 0.717) is 24.4 Å². The first kappa shape index (κ1) is 19.5. The van der Waals surface area contributed by atoms with Gasteiger partial charge in [-0.1, -0.05) is 11.6 Å². The number of halogens is 1.